The van der Waals surface area contributed by atoms with Gasteiger partial charge in [-0.1, -0.05) is 36.0 Å². The summed E-state index contributed by atoms with van der Waals surface area (Å²) in [6.45, 7) is 0. The van der Waals surface area contributed by atoms with E-state index in [4.69, 9.17) is 23.2 Å². The Morgan fingerprint density at radius 1 is 1.00 bits per heavy atom. The molecule has 1 saturated carbocycles. The largest absolute Gasteiger partial charge is 0.391 e. The molecule has 2 atom stereocenters. The summed E-state index contributed by atoms with van der Waals surface area (Å²) >= 11 is 11.4. The highest BCUT2D eigenvalue weighted by molar-refractivity contribution is 7.89. The van der Waals surface area contributed by atoms with Gasteiger partial charge in [-0.05, 0) is 31.0 Å². The zero-order valence-corrected chi connectivity index (χ0v) is 18.1. The number of hydrogen-bond donors (Lipinski definition) is 3. The molecule has 1 amide bonds. The monoisotopic (exact) mass is 496 g/mol. The van der Waals surface area contributed by atoms with Gasteiger partial charge in [-0.2, -0.15) is 0 Å². The number of hydrogen-bond acceptors (Lipinski definition) is 4. The lowest BCUT2D eigenvalue weighted by atomic mass is 9.93. The molecule has 2 aromatic carbocycles. The van der Waals surface area contributed by atoms with Crippen molar-refractivity contribution in [1.82, 2.24) is 4.72 Å². The quantitative estimate of drug-likeness (QED) is 0.539. The van der Waals surface area contributed by atoms with E-state index in [-0.39, 0.29) is 5.69 Å². The fourth-order valence-corrected chi connectivity index (χ4v) is 5.08. The van der Waals surface area contributed by atoms with Crippen LogP contribution in [-0.4, -0.2) is 31.6 Å². The molecule has 31 heavy (non-hydrogen) atoms. The van der Waals surface area contributed by atoms with Crippen LogP contribution in [0, 0.1) is 17.5 Å². The number of anilines is 1. The van der Waals surface area contributed by atoms with E-state index in [1.807, 2.05) is 0 Å². The molecule has 1 aliphatic carbocycles. The maximum absolute atomic E-state index is 14.4. The average Bonchev–Trinajstić information content (AvgIpc) is 2.67. The topological polar surface area (TPSA) is 95.5 Å². The van der Waals surface area contributed by atoms with E-state index in [0.29, 0.717) is 31.4 Å². The summed E-state index contributed by atoms with van der Waals surface area (Å²) in [6, 6.07) is 2.20. The molecule has 12 heteroatoms. The first-order valence-electron chi connectivity index (χ1n) is 9.15. The molecular formula is C19H17Cl2F3N2O4S. The number of aliphatic hydroxyl groups is 1. The molecule has 1 aliphatic rings. The lowest BCUT2D eigenvalue weighted by Crippen LogP contribution is -2.45. The number of benzene rings is 2. The van der Waals surface area contributed by atoms with E-state index in [9.17, 15) is 31.5 Å². The number of sulfonamides is 1. The van der Waals surface area contributed by atoms with Gasteiger partial charge < -0.3 is 10.4 Å². The van der Waals surface area contributed by atoms with Crippen molar-refractivity contribution in [1.29, 1.82) is 0 Å². The molecule has 168 valence electrons. The Morgan fingerprint density at radius 2 is 1.68 bits per heavy atom. The van der Waals surface area contributed by atoms with Crippen molar-refractivity contribution >= 4 is 44.8 Å². The number of carbonyl (C=O) groups is 1. The number of carbonyl (C=O) groups excluding carboxylic acids is 1. The Labute approximate surface area is 186 Å². The van der Waals surface area contributed by atoms with E-state index in [0.717, 1.165) is 18.6 Å². The van der Waals surface area contributed by atoms with E-state index in [2.05, 4.69) is 10.0 Å². The molecule has 3 rings (SSSR count). The molecule has 0 spiro atoms. The molecule has 0 saturated heterocycles. The van der Waals surface area contributed by atoms with Crippen LogP contribution in [0.25, 0.3) is 0 Å². The predicted octanol–water partition coefficient (Wildman–Crippen LogP) is 4.24. The molecular weight excluding hydrogens is 480 g/mol. The van der Waals surface area contributed by atoms with E-state index < -0.39 is 66.0 Å². The number of aliphatic hydroxyl groups excluding tert-OH is 1. The summed E-state index contributed by atoms with van der Waals surface area (Å²) < 4.78 is 68.9. The first kappa shape index (κ1) is 23.8. The van der Waals surface area contributed by atoms with E-state index in [1.165, 1.54) is 0 Å². The molecule has 0 aliphatic heterocycles. The number of amides is 1. The smallest absolute Gasteiger partial charge is 0.257 e. The molecule has 3 N–H and O–H groups in total. The van der Waals surface area contributed by atoms with Crippen molar-refractivity contribution in [2.45, 2.75) is 42.7 Å². The average molecular weight is 497 g/mol. The van der Waals surface area contributed by atoms with Crippen molar-refractivity contribution in [3.63, 3.8) is 0 Å². The molecule has 2 aromatic rings. The number of nitrogens with one attached hydrogen (secondary N) is 2. The van der Waals surface area contributed by atoms with Gasteiger partial charge in [0.05, 0.1) is 21.7 Å². The van der Waals surface area contributed by atoms with Gasteiger partial charge in [-0.15, -0.1) is 0 Å². The lowest BCUT2D eigenvalue weighted by molar-refractivity contribution is 0.101. The van der Waals surface area contributed by atoms with Gasteiger partial charge in [0.2, 0.25) is 10.0 Å². The fraction of sp³-hybridized carbons (Fsp3) is 0.316. The number of rotatable bonds is 5. The van der Waals surface area contributed by atoms with Gasteiger partial charge in [-0.25, -0.2) is 26.3 Å². The Bertz CT molecular complexity index is 1110. The van der Waals surface area contributed by atoms with Crippen molar-refractivity contribution in [2.75, 3.05) is 5.32 Å². The van der Waals surface area contributed by atoms with E-state index >= 15 is 0 Å². The minimum atomic E-state index is -4.44. The first-order chi connectivity index (χ1) is 14.5. The summed E-state index contributed by atoms with van der Waals surface area (Å²) in [4.78, 5) is 11.7. The maximum atomic E-state index is 14.4. The third kappa shape index (κ3) is 5.32. The van der Waals surface area contributed by atoms with Crippen LogP contribution in [0.15, 0.2) is 29.2 Å². The number of halogens is 5. The first-order valence-corrected chi connectivity index (χ1v) is 11.4. The van der Waals surface area contributed by atoms with Crippen LogP contribution in [-0.2, 0) is 10.0 Å². The third-order valence-corrected chi connectivity index (χ3v) is 6.93. The highest BCUT2D eigenvalue weighted by atomic mass is 35.5. The van der Waals surface area contributed by atoms with Crippen molar-refractivity contribution in [3.05, 3.63) is 57.3 Å². The Balaban J connectivity index is 1.90. The second kappa shape index (κ2) is 9.33. The highest BCUT2D eigenvalue weighted by Gasteiger charge is 2.31. The van der Waals surface area contributed by atoms with Crippen molar-refractivity contribution < 1.29 is 31.5 Å². The molecule has 1 fully saturated rings. The van der Waals surface area contributed by atoms with Gasteiger partial charge in [0, 0.05) is 17.8 Å². The molecule has 0 bridgehead atoms. The molecule has 0 heterocycles. The van der Waals surface area contributed by atoms with Gasteiger partial charge in [0.1, 0.15) is 10.7 Å². The lowest BCUT2D eigenvalue weighted by Gasteiger charge is -2.28. The Kier molecular flexibility index (Phi) is 7.17. The molecule has 0 aromatic heterocycles. The summed E-state index contributed by atoms with van der Waals surface area (Å²) in [6.07, 6.45) is 1.30. The summed E-state index contributed by atoms with van der Waals surface area (Å²) in [5.41, 5.74) is -0.643. The third-order valence-electron chi connectivity index (χ3n) is 4.83. The van der Waals surface area contributed by atoms with Crippen molar-refractivity contribution in [2.24, 2.45) is 0 Å². The summed E-state index contributed by atoms with van der Waals surface area (Å²) in [7, 11) is -4.44. The van der Waals surface area contributed by atoms with E-state index in [1.54, 1.807) is 0 Å². The molecule has 6 nitrogen and oxygen atoms in total. The van der Waals surface area contributed by atoms with Gasteiger partial charge in [0.25, 0.3) is 5.91 Å². The van der Waals surface area contributed by atoms with Crippen molar-refractivity contribution in [3.8, 4) is 0 Å². The summed E-state index contributed by atoms with van der Waals surface area (Å²) in [5, 5.41) is 11.2. The van der Waals surface area contributed by atoms with Gasteiger partial charge in [0.15, 0.2) is 11.6 Å². The second-order valence-electron chi connectivity index (χ2n) is 7.05. The second-order valence-corrected chi connectivity index (χ2v) is 9.55. The van der Waals surface area contributed by atoms with Crippen LogP contribution in [0.2, 0.25) is 10.0 Å². The molecule has 0 radical (unpaired) electrons. The Hall–Kier alpha value is -1.85. The summed E-state index contributed by atoms with van der Waals surface area (Å²) in [5.74, 6) is -4.81. The zero-order valence-electron chi connectivity index (χ0n) is 15.8. The molecule has 2 unspecified atom stereocenters. The van der Waals surface area contributed by atoms with Crippen LogP contribution in [0.5, 0.6) is 0 Å². The van der Waals surface area contributed by atoms with Crippen LogP contribution >= 0.6 is 23.2 Å². The SMILES string of the molecule is O=C(Nc1cc(F)c(F)c(Cl)c1)c1cc(S(=O)(=O)NC2CCCCC2O)c(F)cc1Cl. The standard InChI is InChI=1S/C19H17Cl2F3N2O4S/c20-11-8-13(22)17(31(29,30)26-15-3-1-2-4-16(15)27)7-10(11)19(28)25-9-5-12(21)18(24)14(23)6-9/h5-8,15-16,26-27H,1-4H2,(H,25,28). The predicted molar refractivity (Wildman–Crippen MR) is 109 cm³/mol. The normalized spacial score (nSPS) is 19.3. The maximum Gasteiger partial charge on any atom is 0.257 e. The highest BCUT2D eigenvalue weighted by Crippen LogP contribution is 2.28. The fourth-order valence-electron chi connectivity index (χ4n) is 3.25. The van der Waals surface area contributed by atoms with Gasteiger partial charge in [-0.3, -0.25) is 4.79 Å². The van der Waals surface area contributed by atoms with Crippen LogP contribution in [0.4, 0.5) is 18.9 Å². The Morgan fingerprint density at radius 3 is 2.32 bits per heavy atom. The minimum Gasteiger partial charge on any atom is -0.391 e. The zero-order chi connectivity index (χ0) is 22.9. The van der Waals surface area contributed by atoms with Crippen LogP contribution < -0.4 is 10.0 Å². The van der Waals surface area contributed by atoms with Crippen LogP contribution in [0.3, 0.4) is 0 Å². The minimum absolute atomic E-state index is 0.220. The van der Waals surface area contributed by atoms with Gasteiger partial charge >= 0.3 is 0 Å². The van der Waals surface area contributed by atoms with Crippen LogP contribution in [0.1, 0.15) is 36.0 Å².